The first kappa shape index (κ1) is 19.0. The van der Waals surface area contributed by atoms with Gasteiger partial charge >= 0.3 is 0 Å². The standard InChI is InChI=1S/C20H31N5/c1-6-21-20(24(5)15-19-10-8-7-9-11-19)22-13-16(2)14-25-18(4)12-17(3)23-25/h7-12,16H,6,13-15H2,1-5H3,(H,21,22). The van der Waals surface area contributed by atoms with Gasteiger partial charge in [0.25, 0.3) is 0 Å². The van der Waals surface area contributed by atoms with E-state index in [1.165, 1.54) is 11.3 Å². The Morgan fingerprint density at radius 3 is 2.60 bits per heavy atom. The minimum Gasteiger partial charge on any atom is -0.357 e. The Balaban J connectivity index is 1.96. The molecule has 5 nitrogen and oxygen atoms in total. The van der Waals surface area contributed by atoms with E-state index in [2.05, 4.69) is 78.1 Å². The summed E-state index contributed by atoms with van der Waals surface area (Å²) in [4.78, 5) is 7.01. The molecule has 25 heavy (non-hydrogen) atoms. The molecule has 1 atom stereocenters. The van der Waals surface area contributed by atoms with Crippen LogP contribution in [0, 0.1) is 19.8 Å². The number of hydrogen-bond donors (Lipinski definition) is 1. The summed E-state index contributed by atoms with van der Waals surface area (Å²) in [6.07, 6.45) is 0. The molecule has 0 spiro atoms. The molecule has 5 heteroatoms. The van der Waals surface area contributed by atoms with E-state index in [0.717, 1.165) is 37.8 Å². The van der Waals surface area contributed by atoms with Crippen LogP contribution in [0.25, 0.3) is 0 Å². The summed E-state index contributed by atoms with van der Waals surface area (Å²) in [7, 11) is 2.08. The number of rotatable bonds is 7. The molecule has 136 valence electrons. The molecule has 0 bridgehead atoms. The fraction of sp³-hybridized carbons (Fsp3) is 0.500. The molecule has 0 saturated heterocycles. The Bertz CT molecular complexity index is 675. The normalized spacial score (nSPS) is 12.9. The third-order valence-corrected chi connectivity index (χ3v) is 4.10. The fourth-order valence-corrected chi connectivity index (χ4v) is 2.86. The Morgan fingerprint density at radius 1 is 1.28 bits per heavy atom. The second kappa shape index (κ2) is 9.25. The minimum atomic E-state index is 0.428. The number of nitrogens with zero attached hydrogens (tertiary/aromatic N) is 4. The predicted molar refractivity (Wildman–Crippen MR) is 105 cm³/mol. The van der Waals surface area contributed by atoms with Crippen LogP contribution in [0.4, 0.5) is 0 Å². The zero-order valence-electron chi connectivity index (χ0n) is 16.2. The van der Waals surface area contributed by atoms with Crippen molar-refractivity contribution in [3.05, 3.63) is 53.3 Å². The highest BCUT2D eigenvalue weighted by Gasteiger charge is 2.10. The molecule has 0 fully saturated rings. The van der Waals surface area contributed by atoms with E-state index in [-0.39, 0.29) is 0 Å². The van der Waals surface area contributed by atoms with Crippen LogP contribution < -0.4 is 5.32 Å². The summed E-state index contributed by atoms with van der Waals surface area (Å²) >= 11 is 0. The average molecular weight is 342 g/mol. The summed E-state index contributed by atoms with van der Waals surface area (Å²) < 4.78 is 2.08. The van der Waals surface area contributed by atoms with E-state index >= 15 is 0 Å². The summed E-state index contributed by atoms with van der Waals surface area (Å²) in [5.41, 5.74) is 3.57. The van der Waals surface area contributed by atoms with Gasteiger partial charge in [-0.15, -0.1) is 0 Å². The van der Waals surface area contributed by atoms with Gasteiger partial charge in [-0.1, -0.05) is 37.3 Å². The van der Waals surface area contributed by atoms with E-state index in [1.54, 1.807) is 0 Å². The van der Waals surface area contributed by atoms with Crippen molar-refractivity contribution in [2.45, 2.75) is 40.8 Å². The quantitative estimate of drug-likeness (QED) is 0.621. The Labute approximate surface area is 151 Å². The third-order valence-electron chi connectivity index (χ3n) is 4.10. The van der Waals surface area contributed by atoms with Gasteiger partial charge in [0, 0.05) is 38.9 Å². The third kappa shape index (κ3) is 5.93. The van der Waals surface area contributed by atoms with Crippen molar-refractivity contribution in [3.63, 3.8) is 0 Å². The number of nitrogens with one attached hydrogen (secondary N) is 1. The van der Waals surface area contributed by atoms with Crippen molar-refractivity contribution in [1.29, 1.82) is 0 Å². The Kier molecular flexibility index (Phi) is 7.04. The number of guanidine groups is 1. The fourth-order valence-electron chi connectivity index (χ4n) is 2.86. The first-order valence-electron chi connectivity index (χ1n) is 9.04. The molecule has 1 aromatic heterocycles. The van der Waals surface area contributed by atoms with Gasteiger partial charge < -0.3 is 10.2 Å². The van der Waals surface area contributed by atoms with Crippen molar-refractivity contribution < 1.29 is 0 Å². The van der Waals surface area contributed by atoms with Crippen LogP contribution in [-0.4, -0.2) is 40.8 Å². The summed E-state index contributed by atoms with van der Waals surface area (Å²) in [5.74, 6) is 1.38. The van der Waals surface area contributed by atoms with E-state index in [4.69, 9.17) is 4.99 Å². The molecule has 1 unspecified atom stereocenters. The molecule has 1 heterocycles. The van der Waals surface area contributed by atoms with Crippen LogP contribution >= 0.6 is 0 Å². The second-order valence-electron chi connectivity index (χ2n) is 6.75. The maximum Gasteiger partial charge on any atom is 0.193 e. The predicted octanol–water partition coefficient (Wildman–Crippen LogP) is 3.23. The first-order valence-corrected chi connectivity index (χ1v) is 9.04. The number of hydrogen-bond acceptors (Lipinski definition) is 2. The van der Waals surface area contributed by atoms with Crippen molar-refractivity contribution in [1.82, 2.24) is 20.0 Å². The highest BCUT2D eigenvalue weighted by molar-refractivity contribution is 5.79. The molecule has 2 rings (SSSR count). The molecule has 0 aliphatic carbocycles. The topological polar surface area (TPSA) is 45.5 Å². The lowest BCUT2D eigenvalue weighted by Gasteiger charge is -2.23. The van der Waals surface area contributed by atoms with Crippen LogP contribution in [0.5, 0.6) is 0 Å². The van der Waals surface area contributed by atoms with E-state index in [1.807, 2.05) is 13.0 Å². The molecular weight excluding hydrogens is 310 g/mol. The van der Waals surface area contributed by atoms with Gasteiger partial charge in [-0.25, -0.2) is 0 Å². The molecule has 0 aliphatic rings. The average Bonchev–Trinajstić information content (AvgIpc) is 2.89. The van der Waals surface area contributed by atoms with Crippen LogP contribution in [-0.2, 0) is 13.1 Å². The van der Waals surface area contributed by atoms with Crippen molar-refractivity contribution >= 4 is 5.96 Å². The molecule has 0 saturated carbocycles. The lowest BCUT2D eigenvalue weighted by Crippen LogP contribution is -2.38. The highest BCUT2D eigenvalue weighted by Crippen LogP contribution is 2.08. The molecule has 0 radical (unpaired) electrons. The smallest absolute Gasteiger partial charge is 0.193 e. The zero-order chi connectivity index (χ0) is 18.2. The summed E-state index contributed by atoms with van der Waals surface area (Å²) in [6, 6.07) is 12.6. The summed E-state index contributed by atoms with van der Waals surface area (Å²) in [6.45, 7) is 11.8. The van der Waals surface area contributed by atoms with Gasteiger partial charge in [0.15, 0.2) is 5.96 Å². The first-order chi connectivity index (χ1) is 12.0. The maximum absolute atomic E-state index is 4.83. The zero-order valence-corrected chi connectivity index (χ0v) is 16.2. The van der Waals surface area contributed by atoms with E-state index in [0.29, 0.717) is 5.92 Å². The van der Waals surface area contributed by atoms with Gasteiger partial charge in [0.2, 0.25) is 0 Å². The van der Waals surface area contributed by atoms with Crippen LogP contribution in [0.3, 0.4) is 0 Å². The summed E-state index contributed by atoms with van der Waals surface area (Å²) in [5, 5.41) is 7.94. The van der Waals surface area contributed by atoms with Gasteiger partial charge in [-0.05, 0) is 38.3 Å². The molecule has 1 N–H and O–H groups in total. The van der Waals surface area contributed by atoms with E-state index < -0.39 is 0 Å². The Morgan fingerprint density at radius 2 is 2.00 bits per heavy atom. The molecular formula is C20H31N5. The largest absolute Gasteiger partial charge is 0.357 e. The molecule has 0 aliphatic heterocycles. The molecule has 1 aromatic carbocycles. The monoisotopic (exact) mass is 341 g/mol. The van der Waals surface area contributed by atoms with Crippen LogP contribution in [0.1, 0.15) is 30.8 Å². The van der Waals surface area contributed by atoms with Gasteiger partial charge in [-0.3, -0.25) is 9.67 Å². The van der Waals surface area contributed by atoms with Crippen LogP contribution in [0.2, 0.25) is 0 Å². The molecule has 2 aromatic rings. The van der Waals surface area contributed by atoms with Crippen molar-refractivity contribution in [2.24, 2.45) is 10.9 Å². The van der Waals surface area contributed by atoms with Gasteiger partial charge in [0.1, 0.15) is 0 Å². The minimum absolute atomic E-state index is 0.428. The Hall–Kier alpha value is -2.30. The SMILES string of the molecule is CCNC(=NCC(C)Cn1nc(C)cc1C)N(C)Cc1ccccc1. The lowest BCUT2D eigenvalue weighted by atomic mass is 10.2. The van der Waals surface area contributed by atoms with E-state index in [9.17, 15) is 0 Å². The van der Waals surface area contributed by atoms with Crippen molar-refractivity contribution in [3.8, 4) is 0 Å². The van der Waals surface area contributed by atoms with Gasteiger partial charge in [-0.2, -0.15) is 5.10 Å². The number of aromatic nitrogens is 2. The number of aliphatic imine (C=N–C) groups is 1. The number of aryl methyl sites for hydroxylation is 2. The van der Waals surface area contributed by atoms with Crippen molar-refractivity contribution in [2.75, 3.05) is 20.1 Å². The number of benzene rings is 1. The molecule has 0 amide bonds. The lowest BCUT2D eigenvalue weighted by molar-refractivity contribution is 0.438. The second-order valence-corrected chi connectivity index (χ2v) is 6.75. The van der Waals surface area contributed by atoms with Gasteiger partial charge in [0.05, 0.1) is 5.69 Å². The highest BCUT2D eigenvalue weighted by atomic mass is 15.3. The maximum atomic E-state index is 4.83. The van der Waals surface area contributed by atoms with Crippen LogP contribution in [0.15, 0.2) is 41.4 Å².